The number of aliphatic carboxylic acids is 1. The van der Waals surface area contributed by atoms with Crippen LogP contribution in [0.15, 0.2) is 71.6 Å². The second-order valence-corrected chi connectivity index (χ2v) is 12.0. The Hall–Kier alpha value is -3.48. The second kappa shape index (κ2) is 10.9. The summed E-state index contributed by atoms with van der Waals surface area (Å²) >= 11 is 1.52. The molecule has 0 aliphatic carbocycles. The summed E-state index contributed by atoms with van der Waals surface area (Å²) in [5.74, 6) is -0.0963. The maximum atomic E-state index is 12.7. The first kappa shape index (κ1) is 27.1. The van der Waals surface area contributed by atoms with Gasteiger partial charge in [-0.1, -0.05) is 36.4 Å². The van der Waals surface area contributed by atoms with Gasteiger partial charge in [-0.15, -0.1) is 0 Å². The molecule has 1 heterocycles. The summed E-state index contributed by atoms with van der Waals surface area (Å²) in [5.41, 5.74) is 5.77. The third kappa shape index (κ3) is 5.92. The summed E-state index contributed by atoms with van der Waals surface area (Å²) in [6.07, 6.45) is 0.791. The topological polar surface area (TPSA) is 67.8 Å². The smallest absolute Gasteiger partial charge is 0.337 e. The molecule has 2 N–H and O–H groups in total. The van der Waals surface area contributed by atoms with Gasteiger partial charge < -0.3 is 19.3 Å². The molecule has 0 saturated carbocycles. The molecule has 1 unspecified atom stereocenters. The molecule has 1 atom stereocenters. The van der Waals surface area contributed by atoms with E-state index < -0.39 is 17.7 Å². The van der Waals surface area contributed by atoms with Gasteiger partial charge in [0.05, 0.1) is 12.2 Å². The summed E-state index contributed by atoms with van der Waals surface area (Å²) in [4.78, 5) is 13.8. The molecule has 0 radical (unpaired) electrons. The first-order chi connectivity index (χ1) is 18.6. The number of benzene rings is 4. The van der Waals surface area contributed by atoms with E-state index in [4.69, 9.17) is 9.47 Å². The molecular formula is C33H35NO4S. The van der Waals surface area contributed by atoms with Crippen LogP contribution in [0.25, 0.3) is 21.9 Å². The maximum Gasteiger partial charge on any atom is 0.337 e. The Morgan fingerprint density at radius 3 is 2.54 bits per heavy atom. The van der Waals surface area contributed by atoms with Gasteiger partial charge in [0.2, 0.25) is 0 Å². The van der Waals surface area contributed by atoms with Gasteiger partial charge in [0, 0.05) is 16.1 Å². The van der Waals surface area contributed by atoms with E-state index in [2.05, 4.69) is 47.2 Å². The van der Waals surface area contributed by atoms with Crippen molar-refractivity contribution in [3.8, 4) is 16.9 Å². The number of aryl methyl sites for hydroxylation is 2. The lowest BCUT2D eigenvalue weighted by Gasteiger charge is -2.30. The van der Waals surface area contributed by atoms with Gasteiger partial charge in [-0.3, -0.25) is 0 Å². The predicted octanol–water partition coefficient (Wildman–Crippen LogP) is 8.51. The van der Waals surface area contributed by atoms with Crippen molar-refractivity contribution in [2.24, 2.45) is 0 Å². The van der Waals surface area contributed by atoms with Crippen molar-refractivity contribution in [3.63, 3.8) is 0 Å². The highest BCUT2D eigenvalue weighted by molar-refractivity contribution is 8.00. The maximum absolute atomic E-state index is 12.7. The molecule has 0 aromatic heterocycles. The van der Waals surface area contributed by atoms with Crippen molar-refractivity contribution in [2.75, 3.05) is 11.3 Å². The molecule has 1 aliphatic heterocycles. The largest absolute Gasteiger partial charge is 0.493 e. The Morgan fingerprint density at radius 1 is 1.03 bits per heavy atom. The van der Waals surface area contributed by atoms with Crippen LogP contribution in [0.1, 0.15) is 55.5 Å². The van der Waals surface area contributed by atoms with Crippen molar-refractivity contribution in [2.45, 2.75) is 64.1 Å². The zero-order valence-electron chi connectivity index (χ0n) is 23.1. The molecule has 0 saturated heterocycles. The first-order valence-corrected chi connectivity index (χ1v) is 14.1. The van der Waals surface area contributed by atoms with Gasteiger partial charge in [-0.2, -0.15) is 0 Å². The quantitative estimate of drug-likeness (QED) is 0.229. The van der Waals surface area contributed by atoms with E-state index in [1.165, 1.54) is 22.7 Å². The number of hydrogen-bond donors (Lipinski definition) is 2. The summed E-state index contributed by atoms with van der Waals surface area (Å²) in [6, 6.07) is 22.9. The molecule has 4 aromatic rings. The fourth-order valence-electron chi connectivity index (χ4n) is 5.21. The Bertz CT molecular complexity index is 1540. The molecule has 4 aromatic carbocycles. The molecule has 0 fully saturated rings. The standard InChI is InChI=1S/C33H35NO4S/c1-20-17-27(34-39-26-14-12-22-9-6-7-10-23(22)19-26)21(2)30(31(32(35)36)38-33(3,4)5)29(20)25-13-15-28-24(18-25)11-8-16-37-28/h6-7,9-10,12-15,17-19,31,34H,8,11,16H2,1-5H3,(H,35,36). The number of carbonyl (C=O) groups is 1. The summed E-state index contributed by atoms with van der Waals surface area (Å²) < 4.78 is 15.6. The minimum absolute atomic E-state index is 0.645. The van der Waals surface area contributed by atoms with Gasteiger partial charge in [-0.05, 0) is 128 Å². The van der Waals surface area contributed by atoms with Crippen LogP contribution >= 0.6 is 11.9 Å². The lowest BCUT2D eigenvalue weighted by atomic mass is 9.86. The van der Waals surface area contributed by atoms with Gasteiger partial charge in [-0.25, -0.2) is 4.79 Å². The summed E-state index contributed by atoms with van der Waals surface area (Å²) in [7, 11) is 0. The number of hydrogen-bond acceptors (Lipinski definition) is 5. The van der Waals surface area contributed by atoms with Crippen LogP contribution in [0.4, 0.5) is 5.69 Å². The Balaban J connectivity index is 1.59. The Labute approximate surface area is 234 Å². The zero-order valence-corrected chi connectivity index (χ0v) is 23.9. The number of anilines is 1. The molecule has 5 nitrogen and oxygen atoms in total. The monoisotopic (exact) mass is 541 g/mol. The van der Waals surface area contributed by atoms with Crippen LogP contribution in [-0.4, -0.2) is 23.3 Å². The van der Waals surface area contributed by atoms with E-state index >= 15 is 0 Å². The lowest BCUT2D eigenvalue weighted by Crippen LogP contribution is -2.28. The Morgan fingerprint density at radius 2 is 1.79 bits per heavy atom. The molecule has 1 aliphatic rings. The minimum Gasteiger partial charge on any atom is -0.493 e. The van der Waals surface area contributed by atoms with Crippen LogP contribution in [0, 0.1) is 13.8 Å². The van der Waals surface area contributed by atoms with E-state index in [1.807, 2.05) is 58.9 Å². The van der Waals surface area contributed by atoms with Crippen molar-refractivity contribution in [1.29, 1.82) is 0 Å². The molecule has 0 bridgehead atoms. The van der Waals surface area contributed by atoms with E-state index in [-0.39, 0.29) is 0 Å². The van der Waals surface area contributed by atoms with E-state index in [0.29, 0.717) is 5.56 Å². The van der Waals surface area contributed by atoms with E-state index in [9.17, 15) is 9.90 Å². The second-order valence-electron chi connectivity index (χ2n) is 11.1. The average molecular weight is 542 g/mol. The molecular weight excluding hydrogens is 506 g/mol. The average Bonchev–Trinajstić information content (AvgIpc) is 2.91. The van der Waals surface area contributed by atoms with Crippen LogP contribution < -0.4 is 9.46 Å². The number of rotatable bonds is 7. The van der Waals surface area contributed by atoms with E-state index in [1.54, 1.807) is 0 Å². The molecule has 39 heavy (non-hydrogen) atoms. The van der Waals surface area contributed by atoms with Gasteiger partial charge in [0.25, 0.3) is 0 Å². The van der Waals surface area contributed by atoms with E-state index in [0.717, 1.165) is 63.6 Å². The summed E-state index contributed by atoms with van der Waals surface area (Å²) in [6.45, 7) is 10.4. The van der Waals surface area contributed by atoms with Crippen LogP contribution in [0.5, 0.6) is 5.75 Å². The predicted molar refractivity (Wildman–Crippen MR) is 160 cm³/mol. The fraction of sp³-hybridized carbons (Fsp3) is 0.303. The lowest BCUT2D eigenvalue weighted by molar-refractivity contribution is -0.160. The van der Waals surface area contributed by atoms with Crippen LogP contribution in [-0.2, 0) is 16.0 Å². The minimum atomic E-state index is -1.13. The number of ether oxygens (including phenoxy) is 2. The first-order valence-electron chi connectivity index (χ1n) is 13.3. The molecule has 0 spiro atoms. The highest BCUT2D eigenvalue weighted by Gasteiger charge is 2.32. The Kier molecular flexibility index (Phi) is 7.61. The van der Waals surface area contributed by atoms with Crippen molar-refractivity contribution >= 4 is 34.4 Å². The fourth-order valence-corrected chi connectivity index (χ4v) is 5.97. The normalized spacial score (nSPS) is 14.0. The highest BCUT2D eigenvalue weighted by atomic mass is 32.2. The third-order valence-electron chi connectivity index (χ3n) is 6.99. The zero-order chi connectivity index (χ0) is 27.7. The van der Waals surface area contributed by atoms with Gasteiger partial charge in [0.15, 0.2) is 6.10 Å². The molecule has 6 heteroatoms. The van der Waals surface area contributed by atoms with Gasteiger partial charge in [0.1, 0.15) is 5.75 Å². The van der Waals surface area contributed by atoms with Crippen molar-refractivity contribution in [1.82, 2.24) is 0 Å². The number of carboxylic acid groups (broad SMARTS) is 1. The molecule has 5 rings (SSSR count). The molecule has 202 valence electrons. The number of carboxylic acids is 1. The third-order valence-corrected chi connectivity index (χ3v) is 7.80. The van der Waals surface area contributed by atoms with Crippen LogP contribution in [0.3, 0.4) is 0 Å². The number of fused-ring (bicyclic) bond motifs is 2. The van der Waals surface area contributed by atoms with Crippen LogP contribution in [0.2, 0.25) is 0 Å². The van der Waals surface area contributed by atoms with Gasteiger partial charge >= 0.3 is 5.97 Å². The van der Waals surface area contributed by atoms with Crippen molar-refractivity contribution < 1.29 is 19.4 Å². The van der Waals surface area contributed by atoms with Crippen molar-refractivity contribution in [3.05, 3.63) is 89.0 Å². The molecule has 0 amide bonds. The SMILES string of the molecule is Cc1cc(NSc2ccc3ccccc3c2)c(C)c(C(OC(C)(C)C)C(=O)O)c1-c1ccc2c(c1)CCCO2. The number of nitrogens with one attached hydrogen (secondary N) is 1. The highest BCUT2D eigenvalue weighted by Crippen LogP contribution is 2.43. The summed E-state index contributed by atoms with van der Waals surface area (Å²) in [5, 5.41) is 12.8.